The predicted molar refractivity (Wildman–Crippen MR) is 62.6 cm³/mol. The molecule has 2 heterocycles. The molecule has 17 heavy (non-hydrogen) atoms. The molecule has 0 radical (unpaired) electrons. The minimum atomic E-state index is -0.228. The minimum Gasteiger partial charge on any atom is -0.456 e. The molecule has 0 spiro atoms. The Hall–Kier alpha value is -2.04. The van der Waals surface area contributed by atoms with Crippen molar-refractivity contribution in [3.63, 3.8) is 0 Å². The Balaban J connectivity index is 2.01. The molecule has 0 saturated heterocycles. The van der Waals surface area contributed by atoms with Gasteiger partial charge in [0, 0.05) is 18.8 Å². The molecule has 0 fully saturated rings. The third-order valence-corrected chi connectivity index (χ3v) is 2.51. The molecule has 2 aromatic rings. The Labute approximate surface area is 99.2 Å². The van der Waals surface area contributed by atoms with Crippen molar-refractivity contribution >= 4 is 5.91 Å². The first kappa shape index (κ1) is 11.4. The first-order valence-electron chi connectivity index (χ1n) is 5.59. The van der Waals surface area contributed by atoms with Crippen LogP contribution in [0.25, 0.3) is 0 Å². The molecule has 1 unspecified atom stereocenters. The van der Waals surface area contributed by atoms with Crippen LogP contribution in [-0.2, 0) is 6.42 Å². The number of rotatable bonds is 4. The quantitative estimate of drug-likeness (QED) is 0.849. The molecule has 0 aromatic carbocycles. The van der Waals surface area contributed by atoms with Crippen LogP contribution in [0, 0.1) is 0 Å². The minimum absolute atomic E-state index is 0.173. The van der Waals surface area contributed by atoms with Crippen LogP contribution in [0.15, 0.2) is 28.9 Å². The molecule has 0 saturated carbocycles. The van der Waals surface area contributed by atoms with E-state index in [1.165, 1.54) is 0 Å². The van der Waals surface area contributed by atoms with Crippen LogP contribution in [0.4, 0.5) is 0 Å². The van der Waals surface area contributed by atoms with Crippen molar-refractivity contribution in [2.75, 3.05) is 0 Å². The lowest BCUT2D eigenvalue weighted by Gasteiger charge is -2.09. The number of aromatic amines is 1. The highest BCUT2D eigenvalue weighted by atomic mass is 16.3. The second-order valence-corrected chi connectivity index (χ2v) is 3.79. The van der Waals surface area contributed by atoms with E-state index in [-0.39, 0.29) is 11.9 Å². The molecule has 0 aliphatic rings. The summed E-state index contributed by atoms with van der Waals surface area (Å²) in [7, 11) is 0. The van der Waals surface area contributed by atoms with Gasteiger partial charge in [-0.2, -0.15) is 0 Å². The number of furan rings is 1. The van der Waals surface area contributed by atoms with E-state index >= 15 is 0 Å². The van der Waals surface area contributed by atoms with Crippen molar-refractivity contribution in [3.05, 3.63) is 41.9 Å². The van der Waals surface area contributed by atoms with Crippen molar-refractivity contribution in [2.24, 2.45) is 0 Å². The Kier molecular flexibility index (Phi) is 3.27. The van der Waals surface area contributed by atoms with E-state index < -0.39 is 0 Å². The van der Waals surface area contributed by atoms with Gasteiger partial charge in [0.25, 0.3) is 5.91 Å². The van der Waals surface area contributed by atoms with E-state index in [0.717, 1.165) is 18.0 Å². The van der Waals surface area contributed by atoms with Crippen molar-refractivity contribution in [3.8, 4) is 0 Å². The number of carbonyl (C=O) groups excluding carboxylic acids is 1. The first-order valence-corrected chi connectivity index (χ1v) is 5.59. The molecule has 1 amide bonds. The average Bonchev–Trinajstić information content (AvgIpc) is 3.00. The summed E-state index contributed by atoms with van der Waals surface area (Å²) in [6.45, 7) is 3.84. The van der Waals surface area contributed by atoms with Gasteiger partial charge in [0.05, 0.1) is 6.04 Å². The van der Waals surface area contributed by atoms with Crippen LogP contribution in [0.1, 0.15) is 42.0 Å². The third kappa shape index (κ3) is 2.55. The van der Waals surface area contributed by atoms with Gasteiger partial charge in [0.1, 0.15) is 11.6 Å². The van der Waals surface area contributed by atoms with Gasteiger partial charge in [0.15, 0.2) is 5.76 Å². The van der Waals surface area contributed by atoms with Crippen LogP contribution >= 0.6 is 0 Å². The van der Waals surface area contributed by atoms with Gasteiger partial charge in [-0.1, -0.05) is 6.92 Å². The van der Waals surface area contributed by atoms with Crippen LogP contribution in [0.2, 0.25) is 0 Å². The number of aromatic nitrogens is 2. The van der Waals surface area contributed by atoms with Gasteiger partial charge >= 0.3 is 0 Å². The lowest BCUT2D eigenvalue weighted by atomic mass is 10.3. The molecule has 0 aliphatic heterocycles. The number of hydrogen-bond acceptors (Lipinski definition) is 3. The Bertz CT molecular complexity index is 488. The number of imidazole rings is 1. The molecule has 0 aliphatic carbocycles. The number of hydrogen-bond donors (Lipinski definition) is 2. The fraction of sp³-hybridized carbons (Fsp3) is 0.333. The second kappa shape index (κ2) is 4.86. The SMILES string of the molecule is CCc1ccc(C(=O)NC(C)c2ncc[nH]2)o1. The Morgan fingerprint density at radius 2 is 2.41 bits per heavy atom. The number of nitrogens with one attached hydrogen (secondary N) is 2. The number of H-pyrrole nitrogens is 1. The average molecular weight is 233 g/mol. The summed E-state index contributed by atoms with van der Waals surface area (Å²) in [6, 6.07) is 3.32. The maximum Gasteiger partial charge on any atom is 0.287 e. The lowest BCUT2D eigenvalue weighted by Crippen LogP contribution is -2.26. The number of amides is 1. The first-order chi connectivity index (χ1) is 8.20. The summed E-state index contributed by atoms with van der Waals surface area (Å²) < 4.78 is 5.37. The molecular weight excluding hydrogens is 218 g/mol. The summed E-state index contributed by atoms with van der Waals surface area (Å²) in [5, 5.41) is 2.81. The van der Waals surface area contributed by atoms with Crippen LogP contribution in [0.3, 0.4) is 0 Å². The Morgan fingerprint density at radius 3 is 3.00 bits per heavy atom. The molecule has 2 aromatic heterocycles. The molecular formula is C12H15N3O2. The van der Waals surface area contributed by atoms with E-state index in [1.54, 1.807) is 18.5 Å². The lowest BCUT2D eigenvalue weighted by molar-refractivity contribution is 0.0908. The van der Waals surface area contributed by atoms with Gasteiger partial charge in [-0.15, -0.1) is 0 Å². The van der Waals surface area contributed by atoms with E-state index in [2.05, 4.69) is 15.3 Å². The van der Waals surface area contributed by atoms with Crippen LogP contribution in [0.5, 0.6) is 0 Å². The zero-order chi connectivity index (χ0) is 12.3. The van der Waals surface area contributed by atoms with Gasteiger partial charge in [-0.25, -0.2) is 4.98 Å². The summed E-state index contributed by atoms with van der Waals surface area (Å²) in [5.41, 5.74) is 0. The molecule has 0 bridgehead atoms. The third-order valence-electron chi connectivity index (χ3n) is 2.51. The summed E-state index contributed by atoms with van der Waals surface area (Å²) in [6.07, 6.45) is 4.15. The van der Waals surface area contributed by atoms with E-state index in [4.69, 9.17) is 4.42 Å². The van der Waals surface area contributed by atoms with Crippen molar-refractivity contribution in [1.29, 1.82) is 0 Å². The molecule has 5 heteroatoms. The largest absolute Gasteiger partial charge is 0.456 e. The summed E-state index contributed by atoms with van der Waals surface area (Å²) >= 11 is 0. The fourth-order valence-corrected chi connectivity index (χ4v) is 1.54. The van der Waals surface area contributed by atoms with E-state index in [0.29, 0.717) is 5.76 Å². The number of carbonyl (C=O) groups is 1. The number of nitrogens with zero attached hydrogens (tertiary/aromatic N) is 1. The van der Waals surface area contributed by atoms with Crippen molar-refractivity contribution < 1.29 is 9.21 Å². The standard InChI is InChI=1S/C12H15N3O2/c1-3-9-4-5-10(17-9)12(16)15-8(2)11-13-6-7-14-11/h4-8H,3H2,1-2H3,(H,13,14)(H,15,16). The monoisotopic (exact) mass is 233 g/mol. The topological polar surface area (TPSA) is 70.9 Å². The highest BCUT2D eigenvalue weighted by Gasteiger charge is 2.15. The summed E-state index contributed by atoms with van der Waals surface area (Å²) in [5.74, 6) is 1.63. The maximum absolute atomic E-state index is 11.8. The highest BCUT2D eigenvalue weighted by molar-refractivity contribution is 5.91. The van der Waals surface area contributed by atoms with E-state index in [9.17, 15) is 4.79 Å². The van der Waals surface area contributed by atoms with Gasteiger partial charge in [-0.3, -0.25) is 4.79 Å². The summed E-state index contributed by atoms with van der Waals surface area (Å²) in [4.78, 5) is 18.9. The normalized spacial score (nSPS) is 12.4. The van der Waals surface area contributed by atoms with E-state index in [1.807, 2.05) is 19.9 Å². The highest BCUT2D eigenvalue weighted by Crippen LogP contribution is 2.11. The molecule has 5 nitrogen and oxygen atoms in total. The smallest absolute Gasteiger partial charge is 0.287 e. The molecule has 1 atom stereocenters. The van der Waals surface area contributed by atoms with Crippen LogP contribution in [-0.4, -0.2) is 15.9 Å². The van der Waals surface area contributed by atoms with Crippen LogP contribution < -0.4 is 5.32 Å². The van der Waals surface area contributed by atoms with Gasteiger partial charge in [-0.05, 0) is 19.1 Å². The van der Waals surface area contributed by atoms with Gasteiger partial charge in [0.2, 0.25) is 0 Å². The van der Waals surface area contributed by atoms with Gasteiger partial charge < -0.3 is 14.7 Å². The zero-order valence-corrected chi connectivity index (χ0v) is 9.86. The maximum atomic E-state index is 11.8. The second-order valence-electron chi connectivity index (χ2n) is 3.79. The predicted octanol–water partition coefficient (Wildman–Crippen LogP) is 2.06. The number of aryl methyl sites for hydroxylation is 1. The molecule has 2 rings (SSSR count). The fourth-order valence-electron chi connectivity index (χ4n) is 1.54. The zero-order valence-electron chi connectivity index (χ0n) is 9.86. The van der Waals surface area contributed by atoms with Crippen molar-refractivity contribution in [2.45, 2.75) is 26.3 Å². The molecule has 90 valence electrons. The van der Waals surface area contributed by atoms with Crippen molar-refractivity contribution in [1.82, 2.24) is 15.3 Å². The Morgan fingerprint density at radius 1 is 1.59 bits per heavy atom. The molecule has 2 N–H and O–H groups in total.